The van der Waals surface area contributed by atoms with Crippen LogP contribution in [0, 0.1) is 0 Å². The standard InChI is InChI=1S/C26H24N2O5/c1-32-23-12-21-22(13-24(23)33-16-17-7-3-2-4-8-17)28(26(30)31)15-20-11-18-9-5-6-10-19(18)14-27(20)25(21)29/h2-10,12-13,20H,11,14-16H2,1H3,(H,30,31)/t20-/m0/s1. The summed E-state index contributed by atoms with van der Waals surface area (Å²) >= 11 is 0. The molecular formula is C26H24N2O5. The number of hydrogen-bond donors (Lipinski definition) is 1. The molecule has 2 aliphatic heterocycles. The lowest BCUT2D eigenvalue weighted by molar-refractivity contribution is 0.0655. The Labute approximate surface area is 191 Å². The van der Waals surface area contributed by atoms with Crippen molar-refractivity contribution in [3.8, 4) is 11.5 Å². The van der Waals surface area contributed by atoms with E-state index in [1.165, 1.54) is 12.0 Å². The van der Waals surface area contributed by atoms with Gasteiger partial charge in [0.2, 0.25) is 0 Å². The Morgan fingerprint density at radius 3 is 2.48 bits per heavy atom. The van der Waals surface area contributed by atoms with Crippen molar-refractivity contribution in [3.05, 3.63) is 89.0 Å². The van der Waals surface area contributed by atoms with E-state index >= 15 is 0 Å². The molecule has 0 saturated heterocycles. The molecule has 0 radical (unpaired) electrons. The smallest absolute Gasteiger partial charge is 0.411 e. The summed E-state index contributed by atoms with van der Waals surface area (Å²) < 4.78 is 11.5. The molecule has 0 aliphatic carbocycles. The van der Waals surface area contributed by atoms with Crippen LogP contribution in [0.5, 0.6) is 11.5 Å². The third kappa shape index (κ3) is 3.86. The summed E-state index contributed by atoms with van der Waals surface area (Å²) in [5.74, 6) is 0.572. The molecule has 0 unspecified atom stereocenters. The van der Waals surface area contributed by atoms with Gasteiger partial charge in [-0.2, -0.15) is 0 Å². The second-order valence-corrected chi connectivity index (χ2v) is 8.25. The SMILES string of the molecule is COc1cc2c(cc1OCc1ccccc1)N(C(=O)O)C[C@@H]1Cc3ccccc3CN1C2=O. The third-order valence-corrected chi connectivity index (χ3v) is 6.28. The first-order chi connectivity index (χ1) is 16.0. The lowest BCUT2D eigenvalue weighted by Crippen LogP contribution is -2.48. The van der Waals surface area contributed by atoms with Crippen molar-refractivity contribution in [2.75, 3.05) is 18.6 Å². The Morgan fingerprint density at radius 2 is 1.76 bits per heavy atom. The number of anilines is 1. The van der Waals surface area contributed by atoms with Gasteiger partial charge in [0.1, 0.15) is 6.61 Å². The van der Waals surface area contributed by atoms with Gasteiger partial charge in [-0.15, -0.1) is 0 Å². The van der Waals surface area contributed by atoms with E-state index in [2.05, 4.69) is 0 Å². The van der Waals surface area contributed by atoms with Crippen LogP contribution >= 0.6 is 0 Å². The van der Waals surface area contributed by atoms with E-state index in [0.717, 1.165) is 16.7 Å². The molecule has 1 atom stereocenters. The molecule has 0 saturated carbocycles. The minimum Gasteiger partial charge on any atom is -0.493 e. The highest BCUT2D eigenvalue weighted by molar-refractivity contribution is 6.05. The van der Waals surface area contributed by atoms with Crippen LogP contribution in [0.4, 0.5) is 10.5 Å². The van der Waals surface area contributed by atoms with Crippen molar-refractivity contribution in [2.45, 2.75) is 25.6 Å². The van der Waals surface area contributed by atoms with Crippen LogP contribution in [0.25, 0.3) is 0 Å². The molecule has 7 nitrogen and oxygen atoms in total. The van der Waals surface area contributed by atoms with Crippen LogP contribution in [-0.2, 0) is 19.6 Å². The lowest BCUT2D eigenvalue weighted by Gasteiger charge is -2.36. The molecule has 0 fully saturated rings. The number of nitrogens with zero attached hydrogens (tertiary/aromatic N) is 2. The van der Waals surface area contributed by atoms with Crippen molar-refractivity contribution < 1.29 is 24.2 Å². The summed E-state index contributed by atoms with van der Waals surface area (Å²) in [6, 6.07) is 20.6. The fourth-order valence-corrected chi connectivity index (χ4v) is 4.58. The van der Waals surface area contributed by atoms with Gasteiger partial charge < -0.3 is 19.5 Å². The first-order valence-electron chi connectivity index (χ1n) is 10.8. The normalized spacial score (nSPS) is 16.9. The molecule has 33 heavy (non-hydrogen) atoms. The van der Waals surface area contributed by atoms with Gasteiger partial charge in [-0.1, -0.05) is 54.6 Å². The molecule has 2 heterocycles. The predicted molar refractivity (Wildman–Crippen MR) is 123 cm³/mol. The van der Waals surface area contributed by atoms with E-state index in [1.807, 2.05) is 54.6 Å². The maximum absolute atomic E-state index is 13.6. The van der Waals surface area contributed by atoms with E-state index in [-0.39, 0.29) is 18.5 Å². The van der Waals surface area contributed by atoms with Gasteiger partial charge in [-0.3, -0.25) is 9.69 Å². The van der Waals surface area contributed by atoms with E-state index in [1.54, 1.807) is 17.0 Å². The number of carboxylic acid groups (broad SMARTS) is 1. The van der Waals surface area contributed by atoms with E-state index in [9.17, 15) is 14.7 Å². The minimum atomic E-state index is -1.11. The van der Waals surface area contributed by atoms with Crippen LogP contribution in [0.15, 0.2) is 66.7 Å². The molecule has 3 aromatic carbocycles. The number of methoxy groups -OCH3 is 1. The van der Waals surface area contributed by atoms with E-state index in [0.29, 0.717) is 42.3 Å². The summed E-state index contributed by atoms with van der Waals surface area (Å²) in [7, 11) is 1.51. The van der Waals surface area contributed by atoms with Gasteiger partial charge in [0.05, 0.1) is 30.9 Å². The van der Waals surface area contributed by atoms with Crippen molar-refractivity contribution in [2.24, 2.45) is 0 Å². The van der Waals surface area contributed by atoms with Gasteiger partial charge in [0.25, 0.3) is 5.91 Å². The van der Waals surface area contributed by atoms with Gasteiger partial charge in [0, 0.05) is 12.6 Å². The zero-order chi connectivity index (χ0) is 22.9. The van der Waals surface area contributed by atoms with Crippen molar-refractivity contribution in [1.29, 1.82) is 0 Å². The van der Waals surface area contributed by atoms with Crippen molar-refractivity contribution in [3.63, 3.8) is 0 Å². The highest BCUT2D eigenvalue weighted by Gasteiger charge is 2.39. The number of carbonyl (C=O) groups is 2. The van der Waals surface area contributed by atoms with Crippen LogP contribution in [0.3, 0.4) is 0 Å². The zero-order valence-corrected chi connectivity index (χ0v) is 18.2. The fourth-order valence-electron chi connectivity index (χ4n) is 4.58. The number of rotatable bonds is 4. The summed E-state index contributed by atoms with van der Waals surface area (Å²) in [5.41, 5.74) is 3.81. The summed E-state index contributed by atoms with van der Waals surface area (Å²) in [6.07, 6.45) is -0.502. The number of fused-ring (bicyclic) bond motifs is 3. The van der Waals surface area contributed by atoms with Gasteiger partial charge in [-0.05, 0) is 29.2 Å². The Morgan fingerprint density at radius 1 is 1.03 bits per heavy atom. The molecule has 2 amide bonds. The molecule has 0 spiro atoms. The molecule has 2 aliphatic rings. The van der Waals surface area contributed by atoms with E-state index in [4.69, 9.17) is 9.47 Å². The highest BCUT2D eigenvalue weighted by atomic mass is 16.5. The Hall–Kier alpha value is -4.00. The largest absolute Gasteiger partial charge is 0.493 e. The molecular weight excluding hydrogens is 420 g/mol. The molecule has 3 aromatic rings. The van der Waals surface area contributed by atoms with Crippen LogP contribution in [-0.4, -0.2) is 41.7 Å². The monoisotopic (exact) mass is 444 g/mol. The van der Waals surface area contributed by atoms with E-state index < -0.39 is 6.09 Å². The maximum atomic E-state index is 13.6. The first kappa shape index (κ1) is 20.9. The number of carbonyl (C=O) groups excluding carboxylic acids is 1. The highest BCUT2D eigenvalue weighted by Crippen LogP contribution is 2.40. The topological polar surface area (TPSA) is 79.3 Å². The fraction of sp³-hybridized carbons (Fsp3) is 0.231. The summed E-state index contributed by atoms with van der Waals surface area (Å²) in [6.45, 7) is 0.926. The second-order valence-electron chi connectivity index (χ2n) is 8.25. The van der Waals surface area contributed by atoms with Crippen molar-refractivity contribution in [1.82, 2.24) is 4.90 Å². The second kappa shape index (κ2) is 8.50. The molecule has 5 rings (SSSR count). The lowest BCUT2D eigenvalue weighted by atomic mass is 9.93. The van der Waals surface area contributed by atoms with Gasteiger partial charge in [-0.25, -0.2) is 4.79 Å². The summed E-state index contributed by atoms with van der Waals surface area (Å²) in [5, 5.41) is 10.0. The zero-order valence-electron chi connectivity index (χ0n) is 18.2. The van der Waals surface area contributed by atoms with Crippen LogP contribution in [0.1, 0.15) is 27.0 Å². The molecule has 1 N–H and O–H groups in total. The number of ether oxygens (including phenoxy) is 2. The Kier molecular flexibility index (Phi) is 5.38. The number of amides is 2. The average Bonchev–Trinajstić information content (AvgIpc) is 2.95. The van der Waals surface area contributed by atoms with Gasteiger partial charge in [0.15, 0.2) is 11.5 Å². The average molecular weight is 444 g/mol. The van der Waals surface area contributed by atoms with Crippen LogP contribution < -0.4 is 14.4 Å². The first-order valence-corrected chi connectivity index (χ1v) is 10.8. The molecule has 0 bridgehead atoms. The number of benzene rings is 3. The third-order valence-electron chi connectivity index (χ3n) is 6.28. The summed E-state index contributed by atoms with van der Waals surface area (Å²) in [4.78, 5) is 28.9. The van der Waals surface area contributed by atoms with Crippen molar-refractivity contribution >= 4 is 17.7 Å². The molecule has 0 aromatic heterocycles. The predicted octanol–water partition coefficient (Wildman–Crippen LogP) is 4.34. The molecule has 168 valence electrons. The Bertz CT molecular complexity index is 1210. The van der Waals surface area contributed by atoms with Crippen LogP contribution in [0.2, 0.25) is 0 Å². The quantitative estimate of drug-likeness (QED) is 0.648. The maximum Gasteiger partial charge on any atom is 0.411 e. The van der Waals surface area contributed by atoms with Gasteiger partial charge >= 0.3 is 6.09 Å². The molecule has 7 heteroatoms. The Balaban J connectivity index is 1.54. The minimum absolute atomic E-state index is 0.187. The number of hydrogen-bond acceptors (Lipinski definition) is 4.